The molecule has 2 unspecified atom stereocenters. The monoisotopic (exact) mass is 448 g/mol. The van der Waals surface area contributed by atoms with E-state index in [-0.39, 0.29) is 0 Å². The van der Waals surface area contributed by atoms with E-state index in [0.29, 0.717) is 21.4 Å². The maximum Gasteiger partial charge on any atom is 0.111 e. The van der Waals surface area contributed by atoms with Gasteiger partial charge in [-0.2, -0.15) is 0 Å². The topological polar surface area (TPSA) is 61.3 Å². The minimum atomic E-state index is -0.432. The van der Waals surface area contributed by atoms with Crippen LogP contribution in [0.2, 0.25) is 10.0 Å². The molecule has 2 atom stereocenters. The molecule has 0 aliphatic rings. The fourth-order valence-electron chi connectivity index (χ4n) is 3.57. The molecule has 0 fully saturated rings. The van der Waals surface area contributed by atoms with Gasteiger partial charge in [-0.25, -0.2) is 0 Å². The van der Waals surface area contributed by atoms with E-state index in [1.807, 2.05) is 97.1 Å². The van der Waals surface area contributed by atoms with Crippen molar-refractivity contribution < 1.29 is 4.74 Å². The molecule has 0 saturated heterocycles. The fraction of sp³-hybridized carbons (Fsp3) is 0.0769. The van der Waals surface area contributed by atoms with E-state index >= 15 is 0 Å². The Kier molecular flexibility index (Phi) is 6.47. The number of anilines is 2. The molecule has 0 aliphatic heterocycles. The number of nitrogens with two attached hydrogens (primary N) is 2. The lowest BCUT2D eigenvalue weighted by molar-refractivity contribution is 0.0316. The van der Waals surface area contributed by atoms with Gasteiger partial charge in [0, 0.05) is 32.5 Å². The third kappa shape index (κ3) is 4.86. The minimum absolute atomic E-state index is 0.432. The first-order chi connectivity index (χ1) is 15.0. The number of hydrogen-bond acceptors (Lipinski definition) is 3. The Morgan fingerprint density at radius 1 is 0.516 bits per heavy atom. The third-order valence-corrected chi connectivity index (χ3v) is 5.68. The van der Waals surface area contributed by atoms with Gasteiger partial charge in [0.15, 0.2) is 0 Å². The van der Waals surface area contributed by atoms with Gasteiger partial charge in [-0.1, -0.05) is 83.9 Å². The number of benzene rings is 4. The molecule has 4 N–H and O–H groups in total. The summed E-state index contributed by atoms with van der Waals surface area (Å²) < 4.78 is 6.79. The molecule has 0 radical (unpaired) electrons. The molecule has 31 heavy (non-hydrogen) atoms. The van der Waals surface area contributed by atoms with Crippen molar-refractivity contribution in [3.05, 3.63) is 129 Å². The zero-order valence-corrected chi connectivity index (χ0v) is 18.2. The Hall–Kier alpha value is -2.98. The van der Waals surface area contributed by atoms with Gasteiger partial charge < -0.3 is 16.2 Å². The molecule has 0 spiro atoms. The van der Waals surface area contributed by atoms with Crippen molar-refractivity contribution in [2.24, 2.45) is 0 Å². The SMILES string of the molecule is Nc1ccccc1C(OC(c1ccc(Cl)cc1)c1ccccc1N)c1ccc(Cl)cc1. The molecule has 3 nitrogen and oxygen atoms in total. The van der Waals surface area contributed by atoms with E-state index in [9.17, 15) is 0 Å². The predicted octanol–water partition coefficient (Wildman–Crippen LogP) is 7.05. The summed E-state index contributed by atoms with van der Waals surface area (Å²) in [4.78, 5) is 0. The molecule has 4 aromatic carbocycles. The fourth-order valence-corrected chi connectivity index (χ4v) is 3.83. The van der Waals surface area contributed by atoms with Crippen molar-refractivity contribution >= 4 is 34.6 Å². The number of para-hydroxylation sites is 2. The molecule has 0 aromatic heterocycles. The highest BCUT2D eigenvalue weighted by molar-refractivity contribution is 6.30. The molecular formula is C26H22Cl2N2O. The van der Waals surface area contributed by atoms with Crippen LogP contribution in [0.25, 0.3) is 0 Å². The van der Waals surface area contributed by atoms with Crippen molar-refractivity contribution in [3.8, 4) is 0 Å². The molecular weight excluding hydrogens is 427 g/mol. The van der Waals surface area contributed by atoms with Gasteiger partial charge in [-0.15, -0.1) is 0 Å². The normalized spacial score (nSPS) is 13.0. The first-order valence-electron chi connectivity index (χ1n) is 9.88. The summed E-state index contributed by atoms with van der Waals surface area (Å²) in [6.45, 7) is 0. The maximum atomic E-state index is 6.79. The van der Waals surface area contributed by atoms with Crippen LogP contribution in [0.4, 0.5) is 11.4 Å². The highest BCUT2D eigenvalue weighted by atomic mass is 35.5. The largest absolute Gasteiger partial charge is 0.398 e. The zero-order chi connectivity index (χ0) is 21.8. The maximum absolute atomic E-state index is 6.79. The number of halogens is 2. The standard InChI is InChI=1S/C26H22Cl2N2O/c27-19-13-9-17(10-14-19)25(21-5-1-3-7-23(21)29)31-26(18-11-15-20(28)16-12-18)22-6-2-4-8-24(22)30/h1-16,25-26H,29-30H2. The Morgan fingerprint density at radius 3 is 1.23 bits per heavy atom. The highest BCUT2D eigenvalue weighted by Gasteiger charge is 2.25. The van der Waals surface area contributed by atoms with E-state index in [1.54, 1.807) is 0 Å². The molecule has 0 heterocycles. The second-order valence-electron chi connectivity index (χ2n) is 7.26. The predicted molar refractivity (Wildman–Crippen MR) is 129 cm³/mol. The molecule has 156 valence electrons. The van der Waals surface area contributed by atoms with Crippen molar-refractivity contribution in [3.63, 3.8) is 0 Å². The molecule has 4 rings (SSSR count). The molecule has 0 amide bonds. The number of rotatable bonds is 6. The highest BCUT2D eigenvalue weighted by Crippen LogP contribution is 2.39. The van der Waals surface area contributed by atoms with Gasteiger partial charge in [0.05, 0.1) is 0 Å². The van der Waals surface area contributed by atoms with Gasteiger partial charge >= 0.3 is 0 Å². The Labute approximate surface area is 192 Å². The summed E-state index contributed by atoms with van der Waals surface area (Å²) in [6, 6.07) is 30.6. The van der Waals surface area contributed by atoms with Gasteiger partial charge in [0.25, 0.3) is 0 Å². The second-order valence-corrected chi connectivity index (χ2v) is 8.13. The van der Waals surface area contributed by atoms with E-state index in [1.165, 1.54) is 0 Å². The Balaban J connectivity index is 1.84. The van der Waals surface area contributed by atoms with Crippen LogP contribution in [0.1, 0.15) is 34.5 Å². The Bertz CT molecular complexity index is 1070. The summed E-state index contributed by atoms with van der Waals surface area (Å²) in [7, 11) is 0. The van der Waals surface area contributed by atoms with Crippen LogP contribution < -0.4 is 11.5 Å². The first-order valence-corrected chi connectivity index (χ1v) is 10.6. The molecule has 5 heteroatoms. The lowest BCUT2D eigenvalue weighted by Gasteiger charge is -2.28. The number of nitrogen functional groups attached to an aromatic ring is 2. The summed E-state index contributed by atoms with van der Waals surface area (Å²) in [6.07, 6.45) is -0.863. The van der Waals surface area contributed by atoms with Gasteiger partial charge in [0.2, 0.25) is 0 Å². The van der Waals surface area contributed by atoms with Gasteiger partial charge in [-0.3, -0.25) is 0 Å². The van der Waals surface area contributed by atoms with Crippen LogP contribution in [0.3, 0.4) is 0 Å². The summed E-state index contributed by atoms with van der Waals surface area (Å²) in [5.41, 5.74) is 17.6. The van der Waals surface area contributed by atoms with E-state index < -0.39 is 12.2 Å². The number of ether oxygens (including phenoxy) is 1. The van der Waals surface area contributed by atoms with Crippen LogP contribution in [-0.4, -0.2) is 0 Å². The van der Waals surface area contributed by atoms with Crippen LogP contribution in [0, 0.1) is 0 Å². The molecule has 0 aliphatic carbocycles. The van der Waals surface area contributed by atoms with Crippen LogP contribution in [0.15, 0.2) is 97.1 Å². The molecule has 0 saturated carbocycles. The van der Waals surface area contributed by atoms with Crippen molar-refractivity contribution in [1.29, 1.82) is 0 Å². The average Bonchev–Trinajstić information content (AvgIpc) is 2.78. The molecule has 0 bridgehead atoms. The quantitative estimate of drug-likeness (QED) is 0.310. The van der Waals surface area contributed by atoms with Gasteiger partial charge in [-0.05, 0) is 47.5 Å². The first kappa shape index (κ1) is 21.3. The second kappa shape index (κ2) is 9.44. The lowest BCUT2D eigenvalue weighted by atomic mass is 9.96. The summed E-state index contributed by atoms with van der Waals surface area (Å²) in [5, 5.41) is 1.31. The summed E-state index contributed by atoms with van der Waals surface area (Å²) >= 11 is 12.3. The van der Waals surface area contributed by atoms with Crippen LogP contribution >= 0.6 is 23.2 Å². The van der Waals surface area contributed by atoms with Crippen LogP contribution in [-0.2, 0) is 4.74 Å². The zero-order valence-electron chi connectivity index (χ0n) is 16.7. The third-order valence-electron chi connectivity index (χ3n) is 5.17. The average molecular weight is 449 g/mol. The van der Waals surface area contributed by atoms with Gasteiger partial charge in [0.1, 0.15) is 12.2 Å². The van der Waals surface area contributed by atoms with Crippen molar-refractivity contribution in [1.82, 2.24) is 0 Å². The van der Waals surface area contributed by atoms with E-state index in [0.717, 1.165) is 22.3 Å². The van der Waals surface area contributed by atoms with Crippen molar-refractivity contribution in [2.45, 2.75) is 12.2 Å². The van der Waals surface area contributed by atoms with Crippen molar-refractivity contribution in [2.75, 3.05) is 11.5 Å². The van der Waals surface area contributed by atoms with E-state index in [2.05, 4.69) is 0 Å². The van der Waals surface area contributed by atoms with E-state index in [4.69, 9.17) is 39.4 Å². The Morgan fingerprint density at radius 2 is 0.871 bits per heavy atom. The minimum Gasteiger partial charge on any atom is -0.398 e. The van der Waals surface area contributed by atoms with Crippen LogP contribution in [0.5, 0.6) is 0 Å². The molecule has 4 aromatic rings. The lowest BCUT2D eigenvalue weighted by Crippen LogP contribution is -2.15. The summed E-state index contributed by atoms with van der Waals surface area (Å²) in [5.74, 6) is 0. The number of hydrogen-bond donors (Lipinski definition) is 2. The smallest absolute Gasteiger partial charge is 0.111 e.